The molecule has 4 N–H and O–H groups in total. The minimum atomic E-state index is -0.814. The molecule has 196 valence electrons. The molecule has 9 nitrogen and oxygen atoms in total. The largest absolute Gasteiger partial charge is 0.464 e. The summed E-state index contributed by atoms with van der Waals surface area (Å²) in [6.45, 7) is 12.2. The number of thioether (sulfide) groups is 1. The Morgan fingerprint density at radius 1 is 0.941 bits per heavy atom. The van der Waals surface area contributed by atoms with E-state index in [-0.39, 0.29) is 24.2 Å². The minimum absolute atomic E-state index is 0.140. The van der Waals surface area contributed by atoms with Gasteiger partial charge in [-0.25, -0.2) is 4.79 Å². The number of rotatable bonds is 9. The minimum Gasteiger partial charge on any atom is -0.464 e. The predicted molar refractivity (Wildman–Crippen MR) is 136 cm³/mol. The van der Waals surface area contributed by atoms with E-state index in [1.807, 2.05) is 44.2 Å². The van der Waals surface area contributed by atoms with Gasteiger partial charge in [-0.1, -0.05) is 62.9 Å². The van der Waals surface area contributed by atoms with Gasteiger partial charge in [0.1, 0.15) is 12.1 Å². The van der Waals surface area contributed by atoms with Crippen LogP contribution in [-0.2, 0) is 30.5 Å². The van der Waals surface area contributed by atoms with E-state index < -0.39 is 29.2 Å². The number of hydrogen-bond donors (Lipinski definition) is 4. The van der Waals surface area contributed by atoms with Crippen LogP contribution in [0.25, 0.3) is 0 Å². The van der Waals surface area contributed by atoms with Crippen molar-refractivity contribution in [3.05, 3.63) is 35.9 Å². The molecule has 1 aromatic rings. The molecule has 1 aromatic carbocycles. The van der Waals surface area contributed by atoms with Gasteiger partial charge in [0, 0.05) is 14.0 Å². The Hall–Kier alpha value is -2.43. The van der Waals surface area contributed by atoms with E-state index >= 15 is 0 Å². The van der Waals surface area contributed by atoms with E-state index in [0.29, 0.717) is 6.42 Å². The fourth-order valence-electron chi connectivity index (χ4n) is 2.14. The number of amides is 2. The maximum atomic E-state index is 12.0. The lowest BCUT2D eigenvalue weighted by molar-refractivity contribution is -0.147. The summed E-state index contributed by atoms with van der Waals surface area (Å²) in [7, 11) is 1.00. The fourth-order valence-corrected chi connectivity index (χ4v) is 2.88. The smallest absolute Gasteiger partial charge is 0.328 e. The molecular formula is C24H42N2O7S. The van der Waals surface area contributed by atoms with Crippen LogP contribution in [0.15, 0.2) is 30.3 Å². The molecule has 0 spiro atoms. The Kier molecular flexibility index (Phi) is 25.2. The number of carbonyl (C=O) groups excluding carboxylic acids is 4. The maximum absolute atomic E-state index is 12.0. The van der Waals surface area contributed by atoms with E-state index in [4.69, 9.17) is 14.9 Å². The maximum Gasteiger partial charge on any atom is 0.328 e. The van der Waals surface area contributed by atoms with Crippen LogP contribution in [0.3, 0.4) is 0 Å². The molecule has 0 bridgehead atoms. The van der Waals surface area contributed by atoms with Crippen LogP contribution < -0.4 is 10.6 Å². The van der Waals surface area contributed by atoms with Crippen LogP contribution in [0.5, 0.6) is 0 Å². The average molecular weight is 503 g/mol. The second-order valence-electron chi connectivity index (χ2n) is 6.36. The molecule has 10 heteroatoms. The Bertz CT molecular complexity index is 687. The van der Waals surface area contributed by atoms with Gasteiger partial charge in [-0.15, -0.1) is 0 Å². The summed E-state index contributed by atoms with van der Waals surface area (Å²) in [6, 6.07) is 7.92. The lowest BCUT2D eigenvalue weighted by Gasteiger charge is -2.19. The first kappa shape index (κ1) is 36.1. The van der Waals surface area contributed by atoms with Crippen molar-refractivity contribution in [2.24, 2.45) is 0 Å². The normalized spacial score (nSPS) is 11.8. The summed E-state index contributed by atoms with van der Waals surface area (Å²) in [5, 5.41) is 19.8. The van der Waals surface area contributed by atoms with Crippen molar-refractivity contribution < 1.29 is 34.1 Å². The molecule has 0 radical (unpaired) electrons. The standard InChI is InChI=1S/C14H24N2O5S.C7H8O.C2H6.CH4O/c1-6-11(22-10(5)17)13(19)15-8(3)12(18)16-9(4)14(20)21-7-2;8-6-7-4-2-1-3-5-7;2*1-2/h8-9,11H,6-7H2,1-5H3,(H,15,19)(H,16,18);1-5,8H,6H2;1-2H3;2H,1H3. The van der Waals surface area contributed by atoms with Crippen molar-refractivity contribution in [3.63, 3.8) is 0 Å². The molecule has 34 heavy (non-hydrogen) atoms. The number of aliphatic hydroxyl groups is 2. The molecular weight excluding hydrogens is 460 g/mol. The topological polar surface area (TPSA) is 142 Å². The molecule has 0 saturated carbocycles. The van der Waals surface area contributed by atoms with E-state index in [9.17, 15) is 19.2 Å². The summed E-state index contributed by atoms with van der Waals surface area (Å²) in [4.78, 5) is 46.4. The van der Waals surface area contributed by atoms with Gasteiger partial charge in [0.2, 0.25) is 11.8 Å². The van der Waals surface area contributed by atoms with Crippen LogP contribution in [0, 0.1) is 0 Å². The van der Waals surface area contributed by atoms with Gasteiger partial charge in [-0.2, -0.15) is 0 Å². The predicted octanol–water partition coefficient (Wildman–Crippen LogP) is 2.43. The highest BCUT2D eigenvalue weighted by atomic mass is 32.2. The monoisotopic (exact) mass is 502 g/mol. The second kappa shape index (κ2) is 23.7. The number of benzene rings is 1. The van der Waals surface area contributed by atoms with Crippen molar-refractivity contribution in [3.8, 4) is 0 Å². The Morgan fingerprint density at radius 3 is 1.82 bits per heavy atom. The quantitative estimate of drug-likeness (QED) is 0.377. The third-order valence-electron chi connectivity index (χ3n) is 3.75. The van der Waals surface area contributed by atoms with Gasteiger partial charge < -0.3 is 25.6 Å². The van der Waals surface area contributed by atoms with Gasteiger partial charge in [-0.05, 0) is 32.8 Å². The van der Waals surface area contributed by atoms with Crippen LogP contribution in [-0.4, -0.2) is 64.2 Å². The summed E-state index contributed by atoms with van der Waals surface area (Å²) in [6.07, 6.45) is 0.476. The van der Waals surface area contributed by atoms with E-state index in [2.05, 4.69) is 10.6 Å². The Balaban J connectivity index is -0.000000657. The summed E-state index contributed by atoms with van der Waals surface area (Å²) < 4.78 is 4.78. The SMILES string of the molecule is CC.CCOC(=O)C(C)NC(=O)C(C)NC(=O)C(CC)SC(C)=O.CO.OCc1ccccc1. The number of esters is 1. The second-order valence-corrected chi connectivity index (χ2v) is 7.74. The first-order valence-electron chi connectivity index (χ1n) is 11.2. The van der Waals surface area contributed by atoms with Crippen molar-refractivity contribution in [1.29, 1.82) is 0 Å². The first-order valence-corrected chi connectivity index (χ1v) is 12.1. The van der Waals surface area contributed by atoms with Crippen LogP contribution >= 0.6 is 11.8 Å². The number of aliphatic hydroxyl groups excluding tert-OH is 2. The van der Waals surface area contributed by atoms with Crippen molar-refractivity contribution >= 4 is 34.7 Å². The highest BCUT2D eigenvalue weighted by Crippen LogP contribution is 2.15. The first-order chi connectivity index (χ1) is 16.2. The highest BCUT2D eigenvalue weighted by Gasteiger charge is 2.25. The molecule has 0 fully saturated rings. The lowest BCUT2D eigenvalue weighted by atomic mass is 10.2. The van der Waals surface area contributed by atoms with Crippen molar-refractivity contribution in [2.45, 2.75) is 78.8 Å². The van der Waals surface area contributed by atoms with Gasteiger partial charge in [0.25, 0.3) is 0 Å². The lowest BCUT2D eigenvalue weighted by Crippen LogP contribution is -2.51. The third-order valence-corrected chi connectivity index (χ3v) is 4.91. The zero-order chi connectivity index (χ0) is 27.1. The summed E-state index contributed by atoms with van der Waals surface area (Å²) >= 11 is 0.930. The number of ether oxygens (including phenoxy) is 1. The Labute approximate surface area is 208 Å². The van der Waals surface area contributed by atoms with Gasteiger partial charge in [-0.3, -0.25) is 14.4 Å². The molecule has 2 amide bonds. The summed E-state index contributed by atoms with van der Waals surface area (Å²) in [5.41, 5.74) is 0.965. The molecule has 3 unspecified atom stereocenters. The zero-order valence-electron chi connectivity index (χ0n) is 21.6. The van der Waals surface area contributed by atoms with Crippen molar-refractivity contribution in [1.82, 2.24) is 10.6 Å². The molecule has 1 rings (SSSR count). The fraction of sp³-hybridized carbons (Fsp3) is 0.583. The molecule has 0 saturated heterocycles. The van der Waals surface area contributed by atoms with Gasteiger partial charge in [0.05, 0.1) is 18.5 Å². The number of carbonyl (C=O) groups is 4. The molecule has 0 aliphatic heterocycles. The molecule has 0 aliphatic carbocycles. The van der Waals surface area contributed by atoms with E-state index in [1.165, 1.54) is 20.8 Å². The number of nitrogens with one attached hydrogen (secondary N) is 2. The average Bonchev–Trinajstić information content (AvgIpc) is 2.85. The summed E-state index contributed by atoms with van der Waals surface area (Å²) in [5.74, 6) is -1.40. The van der Waals surface area contributed by atoms with Gasteiger partial charge >= 0.3 is 5.97 Å². The molecule has 0 aromatic heterocycles. The number of hydrogen-bond acceptors (Lipinski definition) is 8. The van der Waals surface area contributed by atoms with E-state index in [1.54, 1.807) is 13.8 Å². The van der Waals surface area contributed by atoms with Crippen molar-refractivity contribution in [2.75, 3.05) is 13.7 Å². The van der Waals surface area contributed by atoms with Crippen LogP contribution in [0.1, 0.15) is 60.5 Å². The molecule has 0 heterocycles. The molecule has 0 aliphatic rings. The third kappa shape index (κ3) is 18.0. The van der Waals surface area contributed by atoms with Crippen LogP contribution in [0.4, 0.5) is 0 Å². The van der Waals surface area contributed by atoms with Crippen LogP contribution in [0.2, 0.25) is 0 Å². The highest BCUT2D eigenvalue weighted by molar-refractivity contribution is 8.14. The molecule has 3 atom stereocenters. The van der Waals surface area contributed by atoms with Gasteiger partial charge in [0.15, 0.2) is 5.12 Å². The Morgan fingerprint density at radius 2 is 1.44 bits per heavy atom. The zero-order valence-corrected chi connectivity index (χ0v) is 22.4. The van der Waals surface area contributed by atoms with E-state index in [0.717, 1.165) is 24.4 Å².